The van der Waals surface area contributed by atoms with E-state index in [4.69, 9.17) is 9.47 Å². The number of methoxy groups -OCH3 is 1. The van der Waals surface area contributed by atoms with Gasteiger partial charge in [0, 0.05) is 26.9 Å². The van der Waals surface area contributed by atoms with Crippen molar-refractivity contribution in [2.45, 2.75) is 12.8 Å². The predicted molar refractivity (Wildman–Crippen MR) is 37.3 cm³/mol. The average molecular weight is 131 g/mol. The number of rotatable bonds is 6. The van der Waals surface area contributed by atoms with Gasteiger partial charge in [-0.25, -0.2) is 0 Å². The van der Waals surface area contributed by atoms with Gasteiger partial charge in [-0.15, -0.1) is 0 Å². The highest BCUT2D eigenvalue weighted by atomic mass is 16.5. The van der Waals surface area contributed by atoms with Gasteiger partial charge in [0.1, 0.15) is 0 Å². The molecule has 0 rings (SSSR count). The zero-order valence-electron chi connectivity index (χ0n) is 6.06. The Bertz CT molecular complexity index is 40.2. The molecule has 0 bridgehead atoms. The number of hydrogen-bond donors (Lipinski definition) is 0. The summed E-state index contributed by atoms with van der Waals surface area (Å²) in [7, 11) is 1.70. The van der Waals surface area contributed by atoms with Crippen molar-refractivity contribution in [2.24, 2.45) is 0 Å². The predicted octanol–water partition coefficient (Wildman–Crippen LogP) is 1.26. The van der Waals surface area contributed by atoms with Gasteiger partial charge in [-0.2, -0.15) is 0 Å². The molecule has 2 nitrogen and oxygen atoms in total. The van der Waals surface area contributed by atoms with Crippen LogP contribution in [0.2, 0.25) is 0 Å². The molecule has 0 aromatic heterocycles. The zero-order chi connectivity index (χ0) is 6.95. The van der Waals surface area contributed by atoms with Crippen LogP contribution in [0.4, 0.5) is 0 Å². The van der Waals surface area contributed by atoms with Gasteiger partial charge in [0.05, 0.1) is 0 Å². The van der Waals surface area contributed by atoms with Crippen LogP contribution in [0.15, 0.2) is 0 Å². The molecule has 0 spiro atoms. The Morgan fingerprint density at radius 2 is 2.00 bits per heavy atom. The molecule has 0 aliphatic carbocycles. The molecule has 0 heterocycles. The molecule has 0 saturated heterocycles. The van der Waals surface area contributed by atoms with Crippen LogP contribution in [0, 0.1) is 6.92 Å². The van der Waals surface area contributed by atoms with Crippen molar-refractivity contribution in [1.82, 2.24) is 0 Å². The topological polar surface area (TPSA) is 18.5 Å². The van der Waals surface area contributed by atoms with E-state index in [9.17, 15) is 0 Å². The summed E-state index contributed by atoms with van der Waals surface area (Å²) in [5.41, 5.74) is 0. The van der Waals surface area contributed by atoms with E-state index in [1.165, 1.54) is 0 Å². The minimum absolute atomic E-state index is 0.768. The molecular formula is C7H15O2. The normalized spacial score (nSPS) is 10.0. The second-order valence-electron chi connectivity index (χ2n) is 1.81. The van der Waals surface area contributed by atoms with Crippen LogP contribution in [-0.2, 0) is 9.47 Å². The fraction of sp³-hybridized carbons (Fsp3) is 0.857. The summed E-state index contributed by atoms with van der Waals surface area (Å²) in [5.74, 6) is 0. The first-order valence-electron chi connectivity index (χ1n) is 3.27. The van der Waals surface area contributed by atoms with Crippen molar-refractivity contribution >= 4 is 0 Å². The number of ether oxygens (including phenoxy) is 2. The molecule has 2 heteroatoms. The Balaban J connectivity index is 2.60. The fourth-order valence-electron chi connectivity index (χ4n) is 0.509. The Labute approximate surface area is 57.2 Å². The minimum atomic E-state index is 0.768. The van der Waals surface area contributed by atoms with Crippen molar-refractivity contribution < 1.29 is 9.47 Å². The lowest BCUT2D eigenvalue weighted by molar-refractivity contribution is 0.105. The standard InChI is InChI=1S/C7H15O2/c1-3-5-9-7-4-6-8-2/h1,3-7H2,2H3. The van der Waals surface area contributed by atoms with Gasteiger partial charge < -0.3 is 9.47 Å². The van der Waals surface area contributed by atoms with E-state index in [1.54, 1.807) is 7.11 Å². The molecular weight excluding hydrogens is 116 g/mol. The van der Waals surface area contributed by atoms with Crippen molar-refractivity contribution in [3.63, 3.8) is 0 Å². The van der Waals surface area contributed by atoms with Gasteiger partial charge >= 0.3 is 0 Å². The highest BCUT2D eigenvalue weighted by molar-refractivity contribution is 4.37. The second-order valence-corrected chi connectivity index (χ2v) is 1.81. The lowest BCUT2D eigenvalue weighted by atomic mass is 10.5. The van der Waals surface area contributed by atoms with Crippen LogP contribution in [0.3, 0.4) is 0 Å². The third-order valence-electron chi connectivity index (χ3n) is 0.926. The molecule has 0 atom stereocenters. The molecule has 0 aliphatic heterocycles. The van der Waals surface area contributed by atoms with E-state index in [-0.39, 0.29) is 0 Å². The maximum absolute atomic E-state index is 5.14. The molecule has 0 fully saturated rings. The molecule has 0 unspecified atom stereocenters. The molecule has 0 aliphatic rings. The minimum Gasteiger partial charge on any atom is -0.385 e. The molecule has 55 valence electrons. The van der Waals surface area contributed by atoms with Crippen LogP contribution in [-0.4, -0.2) is 26.9 Å². The first kappa shape index (κ1) is 8.92. The van der Waals surface area contributed by atoms with E-state index < -0.39 is 0 Å². The van der Waals surface area contributed by atoms with Crippen LogP contribution < -0.4 is 0 Å². The lowest BCUT2D eigenvalue weighted by Crippen LogP contribution is -1.99. The van der Waals surface area contributed by atoms with E-state index >= 15 is 0 Å². The quantitative estimate of drug-likeness (QED) is 0.505. The Morgan fingerprint density at radius 1 is 1.22 bits per heavy atom. The monoisotopic (exact) mass is 131 g/mol. The first-order valence-corrected chi connectivity index (χ1v) is 3.27. The van der Waals surface area contributed by atoms with Gasteiger partial charge in [-0.05, 0) is 12.8 Å². The van der Waals surface area contributed by atoms with E-state index in [0.717, 1.165) is 32.7 Å². The second kappa shape index (κ2) is 7.92. The summed E-state index contributed by atoms with van der Waals surface area (Å²) in [4.78, 5) is 0. The largest absolute Gasteiger partial charge is 0.385 e. The summed E-state index contributed by atoms with van der Waals surface area (Å²) in [6, 6.07) is 0. The molecule has 9 heavy (non-hydrogen) atoms. The molecule has 0 aromatic rings. The maximum Gasteiger partial charge on any atom is 0.0487 e. The third-order valence-corrected chi connectivity index (χ3v) is 0.926. The van der Waals surface area contributed by atoms with Crippen molar-refractivity contribution in [3.05, 3.63) is 6.92 Å². The maximum atomic E-state index is 5.14. The van der Waals surface area contributed by atoms with Gasteiger partial charge in [-0.3, -0.25) is 0 Å². The Hall–Kier alpha value is -0.0800. The van der Waals surface area contributed by atoms with Gasteiger partial charge in [0.2, 0.25) is 0 Å². The number of hydrogen-bond acceptors (Lipinski definition) is 2. The zero-order valence-corrected chi connectivity index (χ0v) is 6.06. The molecule has 0 aromatic carbocycles. The highest BCUT2D eigenvalue weighted by Crippen LogP contribution is 1.84. The Morgan fingerprint density at radius 3 is 2.56 bits per heavy atom. The van der Waals surface area contributed by atoms with E-state index in [0.29, 0.717) is 0 Å². The molecule has 1 radical (unpaired) electrons. The molecule has 0 amide bonds. The average Bonchev–Trinajstić information content (AvgIpc) is 1.89. The van der Waals surface area contributed by atoms with Crippen LogP contribution in [0.5, 0.6) is 0 Å². The summed E-state index contributed by atoms with van der Waals surface area (Å²) < 4.78 is 9.97. The smallest absolute Gasteiger partial charge is 0.0487 e. The van der Waals surface area contributed by atoms with Crippen molar-refractivity contribution in [2.75, 3.05) is 26.9 Å². The summed E-state index contributed by atoms with van der Waals surface area (Å²) in [6.45, 7) is 6.00. The van der Waals surface area contributed by atoms with Gasteiger partial charge in [-0.1, -0.05) is 6.92 Å². The van der Waals surface area contributed by atoms with Crippen LogP contribution in [0.1, 0.15) is 12.8 Å². The third kappa shape index (κ3) is 7.92. The van der Waals surface area contributed by atoms with E-state index in [2.05, 4.69) is 6.92 Å². The van der Waals surface area contributed by atoms with Crippen LogP contribution in [0.25, 0.3) is 0 Å². The summed E-state index contributed by atoms with van der Waals surface area (Å²) in [5, 5.41) is 0. The molecule has 0 saturated carbocycles. The van der Waals surface area contributed by atoms with Gasteiger partial charge in [0.25, 0.3) is 0 Å². The lowest BCUT2D eigenvalue weighted by Gasteiger charge is -1.99. The fourth-order valence-corrected chi connectivity index (χ4v) is 0.509. The van der Waals surface area contributed by atoms with Crippen LogP contribution >= 0.6 is 0 Å². The summed E-state index contributed by atoms with van der Waals surface area (Å²) >= 11 is 0. The molecule has 0 N–H and O–H groups in total. The Kier molecular flexibility index (Phi) is 7.85. The SMILES string of the molecule is [CH2]CCOCCCOC. The van der Waals surface area contributed by atoms with Gasteiger partial charge in [0.15, 0.2) is 0 Å². The van der Waals surface area contributed by atoms with E-state index in [1.807, 2.05) is 0 Å². The summed E-state index contributed by atoms with van der Waals surface area (Å²) in [6.07, 6.45) is 1.84. The first-order chi connectivity index (χ1) is 4.41. The van der Waals surface area contributed by atoms with Crippen molar-refractivity contribution in [1.29, 1.82) is 0 Å². The van der Waals surface area contributed by atoms with Crippen molar-refractivity contribution in [3.8, 4) is 0 Å². The highest BCUT2D eigenvalue weighted by Gasteiger charge is 1.84.